The fourth-order valence-electron chi connectivity index (χ4n) is 0.892. The van der Waals surface area contributed by atoms with Crippen molar-refractivity contribution in [2.75, 3.05) is 0 Å². The first kappa shape index (κ1) is 9.74. The Bertz CT molecular complexity index is 304. The van der Waals surface area contributed by atoms with Gasteiger partial charge in [-0.1, -0.05) is 13.8 Å². The van der Waals surface area contributed by atoms with E-state index in [1.165, 1.54) is 11.3 Å². The summed E-state index contributed by atoms with van der Waals surface area (Å²) in [6.07, 6.45) is 0. The van der Waals surface area contributed by atoms with Gasteiger partial charge in [0.1, 0.15) is 0 Å². The van der Waals surface area contributed by atoms with E-state index in [-0.39, 0.29) is 0 Å². The lowest BCUT2D eigenvalue weighted by Crippen LogP contribution is -1.95. The number of hydrogen-bond acceptors (Lipinski definition) is 2. The summed E-state index contributed by atoms with van der Waals surface area (Å²) in [4.78, 5) is 11.7. The molecule has 66 valence electrons. The minimum absolute atomic E-state index is 0.365. The minimum atomic E-state index is -0.870. The van der Waals surface area contributed by atoms with Crippen molar-refractivity contribution in [3.05, 3.63) is 20.3 Å². The van der Waals surface area contributed by atoms with Crippen LogP contribution in [0, 0.1) is 0 Å². The molecule has 0 unspecified atom stereocenters. The van der Waals surface area contributed by atoms with E-state index < -0.39 is 5.97 Å². The maximum atomic E-state index is 10.6. The van der Waals surface area contributed by atoms with Gasteiger partial charge in [0.25, 0.3) is 0 Å². The number of halogens is 1. The fourth-order valence-corrected chi connectivity index (χ4v) is 3.02. The molecule has 0 fully saturated rings. The lowest BCUT2D eigenvalue weighted by atomic mass is 10.1. The second-order valence-corrected chi connectivity index (χ2v) is 4.49. The first-order valence-corrected chi connectivity index (χ1v) is 5.21. The van der Waals surface area contributed by atoms with Gasteiger partial charge in [-0.3, -0.25) is 0 Å². The molecule has 0 aromatic carbocycles. The molecular weight excluding hydrogens is 240 g/mol. The van der Waals surface area contributed by atoms with Gasteiger partial charge in [0.05, 0.1) is 5.56 Å². The molecule has 0 bridgehead atoms. The van der Waals surface area contributed by atoms with E-state index in [9.17, 15) is 4.79 Å². The van der Waals surface area contributed by atoms with Crippen LogP contribution in [0.2, 0.25) is 0 Å². The number of thiophene rings is 1. The molecule has 0 radical (unpaired) electrons. The molecule has 0 aliphatic heterocycles. The average molecular weight is 249 g/mol. The van der Waals surface area contributed by atoms with Gasteiger partial charge in [-0.25, -0.2) is 4.79 Å². The molecule has 0 amide bonds. The molecule has 0 saturated heterocycles. The monoisotopic (exact) mass is 248 g/mol. The van der Waals surface area contributed by atoms with E-state index >= 15 is 0 Å². The van der Waals surface area contributed by atoms with Crippen LogP contribution >= 0.6 is 27.3 Å². The van der Waals surface area contributed by atoms with Gasteiger partial charge < -0.3 is 5.11 Å². The maximum Gasteiger partial charge on any atom is 0.337 e. The van der Waals surface area contributed by atoms with E-state index in [1.807, 2.05) is 13.8 Å². The quantitative estimate of drug-likeness (QED) is 0.872. The van der Waals surface area contributed by atoms with Crippen LogP contribution in [0.15, 0.2) is 9.85 Å². The highest BCUT2D eigenvalue weighted by Crippen LogP contribution is 2.33. The molecule has 0 atom stereocenters. The Morgan fingerprint density at radius 3 is 2.50 bits per heavy atom. The Morgan fingerprint density at radius 2 is 2.25 bits per heavy atom. The molecule has 0 saturated carbocycles. The van der Waals surface area contributed by atoms with E-state index in [1.54, 1.807) is 5.38 Å². The summed E-state index contributed by atoms with van der Waals surface area (Å²) in [7, 11) is 0. The summed E-state index contributed by atoms with van der Waals surface area (Å²) in [5.74, 6) is -0.498. The molecule has 1 rings (SSSR count). The number of aromatic carboxylic acids is 1. The number of carbonyl (C=O) groups is 1. The summed E-state index contributed by atoms with van der Waals surface area (Å²) in [6, 6.07) is 0. The third kappa shape index (κ3) is 1.69. The zero-order valence-electron chi connectivity index (χ0n) is 6.80. The lowest BCUT2D eigenvalue weighted by Gasteiger charge is -2.00. The Balaban J connectivity index is 3.13. The van der Waals surface area contributed by atoms with E-state index in [0.29, 0.717) is 11.5 Å². The van der Waals surface area contributed by atoms with E-state index in [2.05, 4.69) is 15.9 Å². The van der Waals surface area contributed by atoms with E-state index in [4.69, 9.17) is 5.11 Å². The second-order valence-electron chi connectivity index (χ2n) is 2.79. The Labute approximate surface area is 83.4 Å². The zero-order valence-corrected chi connectivity index (χ0v) is 9.20. The van der Waals surface area contributed by atoms with Gasteiger partial charge in [0.2, 0.25) is 0 Å². The minimum Gasteiger partial charge on any atom is -0.478 e. The van der Waals surface area contributed by atoms with Crippen molar-refractivity contribution in [1.82, 2.24) is 0 Å². The van der Waals surface area contributed by atoms with Gasteiger partial charge in [0.15, 0.2) is 0 Å². The van der Waals surface area contributed by atoms with Crippen molar-refractivity contribution in [3.63, 3.8) is 0 Å². The molecule has 0 aliphatic rings. The van der Waals surface area contributed by atoms with Crippen LogP contribution in [0.5, 0.6) is 0 Å². The molecule has 0 aliphatic carbocycles. The predicted octanol–water partition coefficient (Wildman–Crippen LogP) is 3.33. The first-order chi connectivity index (χ1) is 5.54. The van der Waals surface area contributed by atoms with Gasteiger partial charge in [-0.05, 0) is 21.8 Å². The molecule has 2 nitrogen and oxygen atoms in total. The van der Waals surface area contributed by atoms with Crippen molar-refractivity contribution in [2.45, 2.75) is 19.8 Å². The summed E-state index contributed by atoms with van der Waals surface area (Å²) < 4.78 is 0.731. The normalized spacial score (nSPS) is 10.7. The topological polar surface area (TPSA) is 37.3 Å². The Kier molecular flexibility index (Phi) is 2.90. The smallest absolute Gasteiger partial charge is 0.337 e. The molecule has 1 aromatic rings. The predicted molar refractivity (Wildman–Crippen MR) is 53.1 cm³/mol. The Morgan fingerprint density at radius 1 is 1.67 bits per heavy atom. The van der Waals surface area contributed by atoms with Crippen LogP contribution in [0.25, 0.3) is 0 Å². The van der Waals surface area contributed by atoms with Crippen molar-refractivity contribution in [2.24, 2.45) is 0 Å². The van der Waals surface area contributed by atoms with Crippen LogP contribution < -0.4 is 0 Å². The van der Waals surface area contributed by atoms with Crippen LogP contribution in [0.1, 0.15) is 35.0 Å². The average Bonchev–Trinajstić information content (AvgIpc) is 2.30. The van der Waals surface area contributed by atoms with Gasteiger partial charge >= 0.3 is 5.97 Å². The molecule has 4 heteroatoms. The third-order valence-corrected chi connectivity index (χ3v) is 3.91. The molecule has 1 heterocycles. The second kappa shape index (κ2) is 3.58. The summed E-state index contributed by atoms with van der Waals surface area (Å²) in [6.45, 7) is 4.09. The largest absolute Gasteiger partial charge is 0.478 e. The highest BCUT2D eigenvalue weighted by atomic mass is 79.9. The number of carboxylic acid groups (broad SMARTS) is 1. The maximum absolute atomic E-state index is 10.6. The van der Waals surface area contributed by atoms with Crippen LogP contribution in [0.3, 0.4) is 0 Å². The van der Waals surface area contributed by atoms with Gasteiger partial charge in [0, 0.05) is 14.7 Å². The molecule has 1 N–H and O–H groups in total. The number of rotatable bonds is 2. The third-order valence-electron chi connectivity index (χ3n) is 1.51. The van der Waals surface area contributed by atoms with Crippen LogP contribution in [-0.4, -0.2) is 11.1 Å². The van der Waals surface area contributed by atoms with Crippen LogP contribution in [-0.2, 0) is 0 Å². The molecule has 1 aromatic heterocycles. The van der Waals surface area contributed by atoms with Gasteiger partial charge in [-0.15, -0.1) is 11.3 Å². The SMILES string of the molecule is CC(C)c1scc(C(=O)O)c1Br. The zero-order chi connectivity index (χ0) is 9.30. The van der Waals surface area contributed by atoms with E-state index in [0.717, 1.165) is 9.35 Å². The van der Waals surface area contributed by atoms with Crippen molar-refractivity contribution >= 4 is 33.2 Å². The summed E-state index contributed by atoms with van der Waals surface area (Å²) in [5.41, 5.74) is 0.365. The highest BCUT2D eigenvalue weighted by molar-refractivity contribution is 9.10. The van der Waals surface area contributed by atoms with Gasteiger partial charge in [-0.2, -0.15) is 0 Å². The van der Waals surface area contributed by atoms with Crippen molar-refractivity contribution in [3.8, 4) is 0 Å². The molecule has 12 heavy (non-hydrogen) atoms. The number of hydrogen-bond donors (Lipinski definition) is 1. The Hall–Kier alpha value is -0.350. The highest BCUT2D eigenvalue weighted by Gasteiger charge is 2.16. The fraction of sp³-hybridized carbons (Fsp3) is 0.375. The molecular formula is C8H9BrO2S. The summed E-state index contributed by atoms with van der Waals surface area (Å²) >= 11 is 4.77. The van der Waals surface area contributed by atoms with Crippen molar-refractivity contribution < 1.29 is 9.90 Å². The van der Waals surface area contributed by atoms with Crippen LogP contribution in [0.4, 0.5) is 0 Å². The number of carboxylic acids is 1. The van der Waals surface area contributed by atoms with Crippen molar-refractivity contribution in [1.29, 1.82) is 0 Å². The molecule has 0 spiro atoms. The standard InChI is InChI=1S/C8H9BrO2S/c1-4(2)7-6(9)5(3-12-7)8(10)11/h3-4H,1-2H3,(H,10,11). The lowest BCUT2D eigenvalue weighted by molar-refractivity contribution is 0.0696. The first-order valence-electron chi connectivity index (χ1n) is 3.54. The summed E-state index contributed by atoms with van der Waals surface area (Å²) in [5, 5.41) is 10.4.